The van der Waals surface area contributed by atoms with E-state index >= 15 is 0 Å². The fourth-order valence-corrected chi connectivity index (χ4v) is 1.89. The van der Waals surface area contributed by atoms with E-state index in [9.17, 15) is 4.79 Å². The Hall–Kier alpha value is -1.57. The average molecular weight is 230 g/mol. The Morgan fingerprint density at radius 2 is 1.82 bits per heavy atom. The second kappa shape index (κ2) is 3.73. The fourth-order valence-electron chi connectivity index (χ4n) is 1.89. The van der Waals surface area contributed by atoms with Crippen molar-refractivity contribution in [2.45, 2.75) is 34.6 Å². The molecule has 1 aromatic carbocycles. The molecular weight excluding hydrogens is 212 g/mol. The lowest BCUT2D eigenvalue weighted by Crippen LogP contribution is -2.20. The van der Waals surface area contributed by atoms with Gasteiger partial charge in [0.2, 0.25) is 5.78 Å². The molecule has 0 radical (unpaired) electrons. The topological polar surface area (TPSA) is 30.2 Å². The minimum atomic E-state index is -0.409. The summed E-state index contributed by atoms with van der Waals surface area (Å²) >= 11 is 0. The van der Waals surface area contributed by atoms with Crippen molar-refractivity contribution in [1.82, 2.24) is 0 Å². The van der Waals surface area contributed by atoms with Gasteiger partial charge >= 0.3 is 0 Å². The van der Waals surface area contributed by atoms with Crippen LogP contribution in [-0.2, 0) is 0 Å². The van der Waals surface area contributed by atoms with Gasteiger partial charge in [0.1, 0.15) is 5.58 Å². The fraction of sp³-hybridized carbons (Fsp3) is 0.400. The molecule has 2 nitrogen and oxygen atoms in total. The van der Waals surface area contributed by atoms with E-state index in [2.05, 4.69) is 0 Å². The molecule has 2 heteroatoms. The van der Waals surface area contributed by atoms with Gasteiger partial charge in [0.15, 0.2) is 5.76 Å². The predicted molar refractivity (Wildman–Crippen MR) is 69.5 cm³/mol. The summed E-state index contributed by atoms with van der Waals surface area (Å²) in [5.41, 5.74) is 2.48. The van der Waals surface area contributed by atoms with Crippen LogP contribution in [0.15, 0.2) is 22.6 Å². The van der Waals surface area contributed by atoms with Crippen LogP contribution in [0.1, 0.15) is 42.5 Å². The van der Waals surface area contributed by atoms with Crippen LogP contribution >= 0.6 is 0 Å². The third-order valence-electron chi connectivity index (χ3n) is 2.98. The quantitative estimate of drug-likeness (QED) is 0.684. The third-order valence-corrected chi connectivity index (χ3v) is 2.98. The molecule has 0 aliphatic rings. The Balaban J connectivity index is 2.64. The number of aryl methyl sites for hydroxylation is 2. The molecule has 0 bridgehead atoms. The average Bonchev–Trinajstić information content (AvgIpc) is 2.53. The summed E-state index contributed by atoms with van der Waals surface area (Å²) in [6.07, 6.45) is 0. The van der Waals surface area contributed by atoms with Crippen LogP contribution < -0.4 is 0 Å². The van der Waals surface area contributed by atoms with E-state index in [1.54, 1.807) is 0 Å². The van der Waals surface area contributed by atoms with Gasteiger partial charge < -0.3 is 4.42 Å². The molecule has 2 aromatic rings. The largest absolute Gasteiger partial charge is 0.453 e. The zero-order valence-corrected chi connectivity index (χ0v) is 11.0. The van der Waals surface area contributed by atoms with Gasteiger partial charge in [-0.05, 0) is 25.5 Å². The third kappa shape index (κ3) is 1.99. The summed E-state index contributed by atoms with van der Waals surface area (Å²) in [5, 5.41) is 1.03. The Labute approximate surface area is 102 Å². The van der Waals surface area contributed by atoms with Crippen LogP contribution in [0.4, 0.5) is 0 Å². The number of furan rings is 1. The number of benzene rings is 1. The lowest BCUT2D eigenvalue weighted by Gasteiger charge is -2.14. The van der Waals surface area contributed by atoms with Gasteiger partial charge in [-0.25, -0.2) is 0 Å². The van der Waals surface area contributed by atoms with Gasteiger partial charge in [-0.2, -0.15) is 0 Å². The molecule has 90 valence electrons. The lowest BCUT2D eigenvalue weighted by molar-refractivity contribution is 0.0830. The number of carbonyl (C=O) groups excluding carboxylic acids is 1. The molecular formula is C15H18O2. The molecule has 1 aromatic heterocycles. The summed E-state index contributed by atoms with van der Waals surface area (Å²) in [4.78, 5) is 12.2. The molecule has 0 unspecified atom stereocenters. The highest BCUT2D eigenvalue weighted by Crippen LogP contribution is 2.30. The Kier molecular flexibility index (Phi) is 2.61. The zero-order valence-electron chi connectivity index (χ0n) is 11.0. The van der Waals surface area contributed by atoms with Crippen LogP contribution in [0.3, 0.4) is 0 Å². The first-order valence-electron chi connectivity index (χ1n) is 5.85. The highest BCUT2D eigenvalue weighted by Gasteiger charge is 2.28. The molecule has 0 aliphatic heterocycles. The molecule has 2 rings (SSSR count). The maximum atomic E-state index is 12.2. The van der Waals surface area contributed by atoms with E-state index in [0.717, 1.165) is 22.1 Å². The van der Waals surface area contributed by atoms with E-state index in [1.807, 2.05) is 52.8 Å². The van der Waals surface area contributed by atoms with Crippen molar-refractivity contribution < 1.29 is 9.21 Å². The number of ketones is 1. The van der Waals surface area contributed by atoms with Crippen molar-refractivity contribution in [3.8, 4) is 0 Å². The Bertz CT molecular complexity index is 583. The standard InChI is InChI=1S/C15H18O2/c1-9-6-7-11-10(2)13(17-12(11)8-9)14(16)15(3,4)5/h6-8H,1-5H3. The molecule has 1 heterocycles. The van der Waals surface area contributed by atoms with Gasteiger partial charge in [-0.1, -0.05) is 32.9 Å². The van der Waals surface area contributed by atoms with Gasteiger partial charge in [0, 0.05) is 16.4 Å². The summed E-state index contributed by atoms with van der Waals surface area (Å²) < 4.78 is 5.72. The predicted octanol–water partition coefficient (Wildman–Crippen LogP) is 4.28. The van der Waals surface area contributed by atoms with Crippen molar-refractivity contribution in [2.24, 2.45) is 5.41 Å². The number of fused-ring (bicyclic) bond motifs is 1. The Morgan fingerprint density at radius 3 is 2.41 bits per heavy atom. The first kappa shape index (κ1) is 11.9. The smallest absolute Gasteiger partial charge is 0.203 e. The number of rotatable bonds is 1. The number of Topliss-reactive ketones (excluding diaryl/α,β-unsaturated/α-hetero) is 1. The molecule has 0 fully saturated rings. The first-order valence-corrected chi connectivity index (χ1v) is 5.85. The number of carbonyl (C=O) groups is 1. The summed E-state index contributed by atoms with van der Waals surface area (Å²) in [5.74, 6) is 0.557. The van der Waals surface area contributed by atoms with Crippen LogP contribution in [0.5, 0.6) is 0 Å². The van der Waals surface area contributed by atoms with Gasteiger partial charge in [0.05, 0.1) is 0 Å². The van der Waals surface area contributed by atoms with E-state index in [1.165, 1.54) is 0 Å². The number of hydrogen-bond donors (Lipinski definition) is 0. The molecule has 0 aliphatic carbocycles. The Morgan fingerprint density at radius 1 is 1.18 bits per heavy atom. The van der Waals surface area contributed by atoms with Crippen molar-refractivity contribution in [2.75, 3.05) is 0 Å². The first-order chi connectivity index (χ1) is 7.80. The van der Waals surface area contributed by atoms with E-state index in [0.29, 0.717) is 5.76 Å². The molecule has 0 N–H and O–H groups in total. The minimum Gasteiger partial charge on any atom is -0.453 e. The monoisotopic (exact) mass is 230 g/mol. The van der Waals surface area contributed by atoms with E-state index in [4.69, 9.17) is 4.42 Å². The van der Waals surface area contributed by atoms with Crippen LogP contribution in [0, 0.1) is 19.3 Å². The minimum absolute atomic E-state index is 0.0591. The maximum absolute atomic E-state index is 12.2. The highest BCUT2D eigenvalue weighted by atomic mass is 16.3. The summed E-state index contributed by atoms with van der Waals surface area (Å²) in [7, 11) is 0. The van der Waals surface area contributed by atoms with Crippen LogP contribution in [0.2, 0.25) is 0 Å². The molecule has 0 spiro atoms. The van der Waals surface area contributed by atoms with E-state index in [-0.39, 0.29) is 5.78 Å². The second-order valence-corrected chi connectivity index (χ2v) is 5.63. The maximum Gasteiger partial charge on any atom is 0.203 e. The van der Waals surface area contributed by atoms with Crippen molar-refractivity contribution in [3.05, 3.63) is 35.1 Å². The molecule has 0 saturated heterocycles. The molecule has 0 saturated carbocycles. The van der Waals surface area contributed by atoms with Crippen molar-refractivity contribution in [3.63, 3.8) is 0 Å². The second-order valence-electron chi connectivity index (χ2n) is 5.63. The normalized spacial score (nSPS) is 12.1. The van der Waals surface area contributed by atoms with Crippen molar-refractivity contribution in [1.29, 1.82) is 0 Å². The van der Waals surface area contributed by atoms with Gasteiger partial charge in [0.25, 0.3) is 0 Å². The SMILES string of the molecule is Cc1ccc2c(C)c(C(=O)C(C)(C)C)oc2c1. The van der Waals surface area contributed by atoms with Crippen LogP contribution in [0.25, 0.3) is 11.0 Å². The van der Waals surface area contributed by atoms with Gasteiger partial charge in [-0.15, -0.1) is 0 Å². The summed E-state index contributed by atoms with van der Waals surface area (Å²) in [6, 6.07) is 6.03. The van der Waals surface area contributed by atoms with Crippen LogP contribution in [-0.4, -0.2) is 5.78 Å². The highest BCUT2D eigenvalue weighted by molar-refractivity contribution is 6.02. The zero-order chi connectivity index (χ0) is 12.8. The molecule has 0 atom stereocenters. The lowest BCUT2D eigenvalue weighted by atomic mass is 9.88. The van der Waals surface area contributed by atoms with E-state index < -0.39 is 5.41 Å². The van der Waals surface area contributed by atoms with Gasteiger partial charge in [-0.3, -0.25) is 4.79 Å². The molecule has 17 heavy (non-hydrogen) atoms. The molecule has 0 amide bonds. The van der Waals surface area contributed by atoms with Crippen molar-refractivity contribution >= 4 is 16.8 Å². The number of hydrogen-bond acceptors (Lipinski definition) is 2. The summed E-state index contributed by atoms with van der Waals surface area (Å²) in [6.45, 7) is 9.69.